The lowest BCUT2D eigenvalue weighted by atomic mass is 9.87. The van der Waals surface area contributed by atoms with Gasteiger partial charge >= 0.3 is 12.1 Å². The molecule has 0 bridgehead atoms. The highest BCUT2D eigenvalue weighted by Gasteiger charge is 2.34. The van der Waals surface area contributed by atoms with E-state index in [0.717, 1.165) is 0 Å². The van der Waals surface area contributed by atoms with Gasteiger partial charge in [-0.15, -0.1) is 0 Å². The Morgan fingerprint density at radius 1 is 1.35 bits per heavy atom. The summed E-state index contributed by atoms with van der Waals surface area (Å²) in [5, 5.41) is 0. The molecule has 2 N–H and O–H groups in total. The van der Waals surface area contributed by atoms with Crippen molar-refractivity contribution in [3.63, 3.8) is 0 Å². The molecule has 0 aliphatic rings. The van der Waals surface area contributed by atoms with Crippen molar-refractivity contribution in [3.05, 3.63) is 0 Å². The largest absolute Gasteiger partial charge is 0.466 e. The highest BCUT2D eigenvalue weighted by Crippen LogP contribution is 2.22. The number of alkyl halides is 3. The summed E-state index contributed by atoms with van der Waals surface area (Å²) in [6.07, 6.45) is -4.26. The van der Waals surface area contributed by atoms with Gasteiger partial charge < -0.3 is 15.2 Å². The van der Waals surface area contributed by atoms with Crippen LogP contribution in [0.2, 0.25) is 0 Å². The van der Waals surface area contributed by atoms with Crippen molar-refractivity contribution >= 4 is 5.97 Å². The number of halogens is 3. The van der Waals surface area contributed by atoms with Crippen LogP contribution in [0.1, 0.15) is 20.3 Å². The van der Waals surface area contributed by atoms with E-state index in [1.165, 1.54) is 0 Å². The Kier molecular flexibility index (Phi) is 6.48. The third kappa shape index (κ3) is 6.48. The number of rotatable bonds is 7. The van der Waals surface area contributed by atoms with Gasteiger partial charge in [0.25, 0.3) is 0 Å². The zero-order chi connectivity index (χ0) is 13.5. The number of carbonyl (C=O) groups excluding carboxylic acids is 1. The predicted octanol–water partition coefficient (Wildman–Crippen LogP) is 1.48. The first-order chi connectivity index (χ1) is 7.75. The fourth-order valence-corrected chi connectivity index (χ4v) is 1.08. The molecule has 0 heterocycles. The number of carbonyl (C=O) groups is 1. The van der Waals surface area contributed by atoms with Gasteiger partial charge in [0.1, 0.15) is 6.61 Å². The quantitative estimate of drug-likeness (QED) is 0.554. The second kappa shape index (κ2) is 6.80. The van der Waals surface area contributed by atoms with E-state index in [2.05, 4.69) is 4.74 Å². The summed E-state index contributed by atoms with van der Waals surface area (Å²) in [5.74, 6) is -0.516. The first kappa shape index (κ1) is 16.2. The minimum Gasteiger partial charge on any atom is -0.466 e. The Morgan fingerprint density at radius 2 is 1.94 bits per heavy atom. The molecule has 0 aliphatic heterocycles. The minimum atomic E-state index is -4.36. The molecule has 0 aromatic heterocycles. The third-order valence-corrected chi connectivity index (χ3v) is 2.28. The van der Waals surface area contributed by atoms with Crippen molar-refractivity contribution in [1.29, 1.82) is 0 Å². The number of ether oxygens (including phenoxy) is 2. The summed E-state index contributed by atoms with van der Waals surface area (Å²) >= 11 is 0. The molecule has 4 nitrogen and oxygen atoms in total. The van der Waals surface area contributed by atoms with E-state index in [1.54, 1.807) is 13.8 Å². The molecule has 0 aromatic rings. The molecule has 0 rings (SSSR count). The number of esters is 1. The van der Waals surface area contributed by atoms with Crippen LogP contribution in [0, 0.1) is 5.41 Å². The maximum Gasteiger partial charge on any atom is 0.411 e. The zero-order valence-corrected chi connectivity index (χ0v) is 9.97. The molecule has 0 spiro atoms. The maximum atomic E-state index is 11.8. The van der Waals surface area contributed by atoms with Gasteiger partial charge in [-0.2, -0.15) is 13.2 Å². The summed E-state index contributed by atoms with van der Waals surface area (Å²) in [7, 11) is 0. The highest BCUT2D eigenvalue weighted by atomic mass is 19.4. The Bertz CT molecular complexity index is 245. The Morgan fingerprint density at radius 3 is 2.35 bits per heavy atom. The average molecular weight is 257 g/mol. The van der Waals surface area contributed by atoms with Crippen molar-refractivity contribution in [3.8, 4) is 0 Å². The van der Waals surface area contributed by atoms with E-state index in [-0.39, 0.29) is 26.2 Å². The standard InChI is InChI=1S/C10H18F3NO3/c1-3-17-8(15)9(2,6-14)4-5-16-7-10(11,12)13/h3-7,14H2,1-2H3. The molecule has 0 fully saturated rings. The number of hydrogen-bond acceptors (Lipinski definition) is 4. The monoisotopic (exact) mass is 257 g/mol. The van der Waals surface area contributed by atoms with Crippen LogP contribution in [0.3, 0.4) is 0 Å². The molecule has 0 saturated heterocycles. The van der Waals surface area contributed by atoms with Crippen LogP contribution in [0.25, 0.3) is 0 Å². The van der Waals surface area contributed by atoms with Crippen molar-refractivity contribution in [1.82, 2.24) is 0 Å². The molecule has 0 saturated carbocycles. The topological polar surface area (TPSA) is 61.5 Å². The molecular weight excluding hydrogens is 239 g/mol. The summed E-state index contributed by atoms with van der Waals surface area (Å²) in [5.41, 5.74) is 4.43. The normalized spacial score (nSPS) is 15.4. The van der Waals surface area contributed by atoms with E-state index in [9.17, 15) is 18.0 Å². The predicted molar refractivity (Wildman–Crippen MR) is 55.3 cm³/mol. The van der Waals surface area contributed by atoms with E-state index in [4.69, 9.17) is 10.5 Å². The van der Waals surface area contributed by atoms with E-state index in [1.807, 2.05) is 0 Å². The lowest BCUT2D eigenvalue weighted by Crippen LogP contribution is -2.38. The average Bonchev–Trinajstić information content (AvgIpc) is 2.23. The van der Waals surface area contributed by atoms with Gasteiger partial charge in [-0.25, -0.2) is 0 Å². The molecule has 1 atom stereocenters. The maximum absolute atomic E-state index is 11.8. The first-order valence-electron chi connectivity index (χ1n) is 5.27. The Balaban J connectivity index is 4.08. The van der Waals surface area contributed by atoms with Crippen LogP contribution < -0.4 is 5.73 Å². The second-order valence-corrected chi connectivity index (χ2v) is 3.90. The third-order valence-electron chi connectivity index (χ3n) is 2.28. The van der Waals surface area contributed by atoms with Gasteiger partial charge in [0.2, 0.25) is 0 Å². The van der Waals surface area contributed by atoms with Gasteiger partial charge in [-0.3, -0.25) is 4.79 Å². The van der Waals surface area contributed by atoms with E-state index in [0.29, 0.717) is 0 Å². The smallest absolute Gasteiger partial charge is 0.411 e. The van der Waals surface area contributed by atoms with Crippen molar-refractivity contribution in [2.75, 3.05) is 26.4 Å². The molecule has 0 radical (unpaired) electrons. The molecule has 1 unspecified atom stereocenters. The highest BCUT2D eigenvalue weighted by molar-refractivity contribution is 5.76. The van der Waals surface area contributed by atoms with E-state index < -0.39 is 24.2 Å². The van der Waals surface area contributed by atoms with Gasteiger partial charge in [-0.1, -0.05) is 0 Å². The summed E-state index contributed by atoms with van der Waals surface area (Å²) < 4.78 is 44.6. The summed E-state index contributed by atoms with van der Waals surface area (Å²) in [6, 6.07) is 0. The lowest BCUT2D eigenvalue weighted by Gasteiger charge is -2.25. The number of nitrogens with two attached hydrogens (primary N) is 1. The molecule has 102 valence electrons. The molecule has 7 heteroatoms. The SMILES string of the molecule is CCOC(=O)C(C)(CN)CCOCC(F)(F)F. The van der Waals surface area contributed by atoms with Crippen LogP contribution >= 0.6 is 0 Å². The van der Waals surface area contributed by atoms with Crippen LogP contribution in [-0.2, 0) is 14.3 Å². The van der Waals surface area contributed by atoms with Crippen LogP contribution in [0.5, 0.6) is 0 Å². The van der Waals surface area contributed by atoms with Gasteiger partial charge in [0.05, 0.1) is 12.0 Å². The zero-order valence-electron chi connectivity index (χ0n) is 9.97. The van der Waals surface area contributed by atoms with E-state index >= 15 is 0 Å². The fraction of sp³-hybridized carbons (Fsp3) is 0.900. The molecular formula is C10H18F3NO3. The second-order valence-electron chi connectivity index (χ2n) is 3.90. The molecule has 0 aromatic carbocycles. The van der Waals surface area contributed by atoms with Gasteiger partial charge in [0, 0.05) is 13.2 Å². The van der Waals surface area contributed by atoms with Crippen LogP contribution in [0.15, 0.2) is 0 Å². The Labute approximate surface area is 98.2 Å². The molecule has 17 heavy (non-hydrogen) atoms. The van der Waals surface area contributed by atoms with Gasteiger partial charge in [0.15, 0.2) is 0 Å². The summed E-state index contributed by atoms with van der Waals surface area (Å²) in [4.78, 5) is 11.5. The summed E-state index contributed by atoms with van der Waals surface area (Å²) in [6.45, 7) is 1.89. The minimum absolute atomic E-state index is 0.00120. The molecule has 0 amide bonds. The first-order valence-corrected chi connectivity index (χ1v) is 5.27. The Hall–Kier alpha value is -0.820. The molecule has 0 aliphatic carbocycles. The number of hydrogen-bond donors (Lipinski definition) is 1. The van der Waals surface area contributed by atoms with Crippen molar-refractivity contribution in [2.24, 2.45) is 11.1 Å². The lowest BCUT2D eigenvalue weighted by molar-refractivity contribution is -0.176. The van der Waals surface area contributed by atoms with Crippen LogP contribution in [0.4, 0.5) is 13.2 Å². The fourth-order valence-electron chi connectivity index (χ4n) is 1.08. The van der Waals surface area contributed by atoms with Crippen LogP contribution in [-0.4, -0.2) is 38.5 Å². The van der Waals surface area contributed by atoms with Crippen molar-refractivity contribution < 1.29 is 27.4 Å². The van der Waals surface area contributed by atoms with Gasteiger partial charge in [-0.05, 0) is 20.3 Å². The van der Waals surface area contributed by atoms with Crippen molar-refractivity contribution in [2.45, 2.75) is 26.4 Å².